The number of para-hydroxylation sites is 3. The summed E-state index contributed by atoms with van der Waals surface area (Å²) in [5.41, 5.74) is 0.627. The van der Waals surface area contributed by atoms with Gasteiger partial charge in [-0.1, -0.05) is 30.3 Å². The van der Waals surface area contributed by atoms with Gasteiger partial charge in [0, 0.05) is 13.1 Å². The Morgan fingerprint density at radius 2 is 1.59 bits per heavy atom. The van der Waals surface area contributed by atoms with Gasteiger partial charge in [0.1, 0.15) is 5.75 Å². The molecular weight excluding hydrogens is 340 g/mol. The number of nitrogens with zero attached hydrogens (tertiary/aromatic N) is 1. The molecular formula is C22H24N2O3. The lowest BCUT2D eigenvalue weighted by molar-refractivity contribution is -0.134. The predicted molar refractivity (Wildman–Crippen MR) is 104 cm³/mol. The molecule has 2 atom stereocenters. The van der Waals surface area contributed by atoms with Crippen molar-refractivity contribution in [3.63, 3.8) is 0 Å². The minimum atomic E-state index is -0.232. The Hall–Kier alpha value is -2.82. The van der Waals surface area contributed by atoms with Crippen LogP contribution in [0, 0.1) is 11.8 Å². The Balaban J connectivity index is 1.38. The first-order chi connectivity index (χ1) is 13.2. The summed E-state index contributed by atoms with van der Waals surface area (Å²) in [6.07, 6.45) is 3.97. The molecule has 1 saturated carbocycles. The van der Waals surface area contributed by atoms with E-state index in [-0.39, 0.29) is 23.7 Å². The number of anilines is 1. The smallest absolute Gasteiger partial charge is 0.228 e. The van der Waals surface area contributed by atoms with Crippen LogP contribution in [0.3, 0.4) is 0 Å². The molecule has 2 fully saturated rings. The topological polar surface area (TPSA) is 58.6 Å². The zero-order chi connectivity index (χ0) is 18.6. The number of amides is 2. The molecule has 2 unspecified atom stereocenters. The molecule has 1 heterocycles. The Kier molecular flexibility index (Phi) is 5.10. The van der Waals surface area contributed by atoms with Crippen LogP contribution in [-0.4, -0.2) is 29.8 Å². The van der Waals surface area contributed by atoms with Gasteiger partial charge >= 0.3 is 0 Å². The van der Waals surface area contributed by atoms with Crippen LogP contribution in [0.4, 0.5) is 5.69 Å². The summed E-state index contributed by atoms with van der Waals surface area (Å²) in [4.78, 5) is 27.1. The number of hydrogen-bond donors (Lipinski definition) is 1. The van der Waals surface area contributed by atoms with Crippen LogP contribution in [0.25, 0.3) is 0 Å². The highest BCUT2D eigenvalue weighted by atomic mass is 16.5. The number of rotatable bonds is 5. The maximum Gasteiger partial charge on any atom is 0.228 e. The van der Waals surface area contributed by atoms with Crippen LogP contribution in [0.15, 0.2) is 54.6 Å². The fourth-order valence-corrected chi connectivity index (χ4v) is 3.61. The number of piperidine rings is 1. The van der Waals surface area contributed by atoms with Crippen LogP contribution >= 0.6 is 0 Å². The second-order valence-corrected chi connectivity index (χ2v) is 7.24. The molecule has 2 aromatic carbocycles. The third kappa shape index (κ3) is 4.13. The van der Waals surface area contributed by atoms with Gasteiger partial charge in [0.05, 0.1) is 17.5 Å². The van der Waals surface area contributed by atoms with Gasteiger partial charge in [-0.15, -0.1) is 0 Å². The molecule has 1 saturated heterocycles. The molecule has 5 heteroatoms. The zero-order valence-corrected chi connectivity index (χ0v) is 15.3. The number of benzene rings is 2. The molecule has 0 aromatic heterocycles. The molecule has 4 rings (SSSR count). The summed E-state index contributed by atoms with van der Waals surface area (Å²) in [5, 5.41) is 2.95. The minimum Gasteiger partial charge on any atom is -0.455 e. The average molecular weight is 364 g/mol. The van der Waals surface area contributed by atoms with Gasteiger partial charge in [-0.25, -0.2) is 0 Å². The van der Waals surface area contributed by atoms with E-state index in [0.717, 1.165) is 25.9 Å². The van der Waals surface area contributed by atoms with Crippen molar-refractivity contribution < 1.29 is 14.3 Å². The first kappa shape index (κ1) is 17.6. The number of carbonyl (C=O) groups is 2. The Bertz CT molecular complexity index is 815. The van der Waals surface area contributed by atoms with Crippen molar-refractivity contribution in [2.45, 2.75) is 25.7 Å². The second kappa shape index (κ2) is 7.82. The summed E-state index contributed by atoms with van der Waals surface area (Å²) in [5.74, 6) is 0.952. The number of likely N-dealkylation sites (tertiary alicyclic amines) is 1. The largest absolute Gasteiger partial charge is 0.455 e. The fraction of sp³-hybridized carbons (Fsp3) is 0.364. The minimum absolute atomic E-state index is 0.102. The highest BCUT2D eigenvalue weighted by Gasteiger charge is 2.49. The fourth-order valence-electron chi connectivity index (χ4n) is 3.61. The molecule has 2 aliphatic rings. The molecule has 5 nitrogen and oxygen atoms in total. The molecule has 0 spiro atoms. The van der Waals surface area contributed by atoms with Gasteiger partial charge in [0.15, 0.2) is 5.75 Å². The Morgan fingerprint density at radius 3 is 2.37 bits per heavy atom. The monoisotopic (exact) mass is 364 g/mol. The highest BCUT2D eigenvalue weighted by molar-refractivity contribution is 6.00. The first-order valence-electron chi connectivity index (χ1n) is 9.64. The molecule has 2 amide bonds. The maximum atomic E-state index is 12.6. The number of carbonyl (C=O) groups excluding carboxylic acids is 2. The van der Waals surface area contributed by atoms with E-state index in [1.54, 1.807) is 0 Å². The highest BCUT2D eigenvalue weighted by Crippen LogP contribution is 2.42. The lowest BCUT2D eigenvalue weighted by Gasteiger charge is -2.26. The lowest BCUT2D eigenvalue weighted by Crippen LogP contribution is -2.37. The van der Waals surface area contributed by atoms with Gasteiger partial charge in [-0.05, 0) is 49.9 Å². The summed E-state index contributed by atoms with van der Waals surface area (Å²) >= 11 is 0. The maximum absolute atomic E-state index is 12.6. The standard InChI is InChI=1S/C22H24N2O3/c25-21(17-15-18(17)22(26)24-13-7-2-8-14-24)23-19-11-5-6-12-20(19)27-16-9-3-1-4-10-16/h1,3-6,9-12,17-18H,2,7-8,13-15H2,(H,23,25). The third-order valence-corrected chi connectivity index (χ3v) is 5.23. The molecule has 1 aliphatic heterocycles. The van der Waals surface area contributed by atoms with Crippen molar-refractivity contribution in [1.82, 2.24) is 4.90 Å². The van der Waals surface area contributed by atoms with E-state index in [9.17, 15) is 9.59 Å². The average Bonchev–Trinajstić information content (AvgIpc) is 3.51. The van der Waals surface area contributed by atoms with E-state index < -0.39 is 0 Å². The summed E-state index contributed by atoms with van der Waals surface area (Å²) in [6, 6.07) is 16.8. The quantitative estimate of drug-likeness (QED) is 0.870. The SMILES string of the molecule is O=C(Nc1ccccc1Oc1ccccc1)C1CC1C(=O)N1CCCCC1. The molecule has 0 bridgehead atoms. The van der Waals surface area contributed by atoms with Crippen molar-refractivity contribution in [2.24, 2.45) is 11.8 Å². The van der Waals surface area contributed by atoms with Crippen LogP contribution in [0.2, 0.25) is 0 Å². The third-order valence-electron chi connectivity index (χ3n) is 5.23. The number of hydrogen-bond acceptors (Lipinski definition) is 3. The lowest BCUT2D eigenvalue weighted by atomic mass is 10.1. The van der Waals surface area contributed by atoms with Crippen LogP contribution in [0.5, 0.6) is 11.5 Å². The molecule has 140 valence electrons. The van der Waals surface area contributed by atoms with Crippen LogP contribution in [-0.2, 0) is 9.59 Å². The van der Waals surface area contributed by atoms with Gasteiger partial charge in [-0.3, -0.25) is 9.59 Å². The summed E-state index contributed by atoms with van der Waals surface area (Å²) in [6.45, 7) is 1.66. The van der Waals surface area contributed by atoms with E-state index in [1.807, 2.05) is 59.5 Å². The van der Waals surface area contributed by atoms with Crippen molar-refractivity contribution in [1.29, 1.82) is 0 Å². The van der Waals surface area contributed by atoms with E-state index in [4.69, 9.17) is 4.74 Å². The van der Waals surface area contributed by atoms with Gasteiger partial charge in [0.25, 0.3) is 0 Å². The van der Waals surface area contributed by atoms with Crippen molar-refractivity contribution >= 4 is 17.5 Å². The number of ether oxygens (including phenoxy) is 1. The van der Waals surface area contributed by atoms with Gasteiger partial charge in [-0.2, -0.15) is 0 Å². The van der Waals surface area contributed by atoms with Gasteiger partial charge in [0.2, 0.25) is 11.8 Å². The molecule has 2 aromatic rings. The van der Waals surface area contributed by atoms with Crippen LogP contribution in [0.1, 0.15) is 25.7 Å². The normalized spacial score (nSPS) is 21.4. The van der Waals surface area contributed by atoms with Crippen LogP contribution < -0.4 is 10.1 Å². The molecule has 1 N–H and O–H groups in total. The van der Waals surface area contributed by atoms with Crippen molar-refractivity contribution in [3.05, 3.63) is 54.6 Å². The predicted octanol–water partition coefficient (Wildman–Crippen LogP) is 4.07. The second-order valence-electron chi connectivity index (χ2n) is 7.24. The van der Waals surface area contributed by atoms with E-state index in [1.165, 1.54) is 6.42 Å². The molecule has 27 heavy (non-hydrogen) atoms. The first-order valence-corrected chi connectivity index (χ1v) is 9.64. The van der Waals surface area contributed by atoms with Crippen molar-refractivity contribution in [3.8, 4) is 11.5 Å². The van der Waals surface area contributed by atoms with E-state index >= 15 is 0 Å². The van der Waals surface area contributed by atoms with E-state index in [2.05, 4.69) is 5.32 Å². The van der Waals surface area contributed by atoms with E-state index in [0.29, 0.717) is 23.6 Å². The summed E-state index contributed by atoms with van der Waals surface area (Å²) < 4.78 is 5.89. The van der Waals surface area contributed by atoms with Gasteiger partial charge < -0.3 is 15.0 Å². The van der Waals surface area contributed by atoms with Crippen molar-refractivity contribution in [2.75, 3.05) is 18.4 Å². The zero-order valence-electron chi connectivity index (χ0n) is 15.3. The Morgan fingerprint density at radius 1 is 0.889 bits per heavy atom. The molecule has 1 aliphatic carbocycles. The Labute approximate surface area is 159 Å². The number of nitrogens with one attached hydrogen (secondary N) is 1. The molecule has 0 radical (unpaired) electrons. The summed E-state index contributed by atoms with van der Waals surface area (Å²) in [7, 11) is 0.